The summed E-state index contributed by atoms with van der Waals surface area (Å²) in [5, 5.41) is 9.55. The molecule has 0 spiro atoms. The Kier molecular flexibility index (Phi) is 3.77. The van der Waals surface area contributed by atoms with E-state index in [2.05, 4.69) is 27.0 Å². The predicted molar refractivity (Wildman–Crippen MR) is 85.0 cm³/mol. The van der Waals surface area contributed by atoms with Crippen LogP contribution in [0.15, 0.2) is 45.0 Å². The third kappa shape index (κ3) is 2.47. The molecule has 1 aliphatic carbocycles. The number of ketones is 1. The highest BCUT2D eigenvalue weighted by Crippen LogP contribution is 2.42. The number of carbonyl (C=O) groups excluding carboxylic acids is 1. The Hall–Kier alpha value is -1.73. The summed E-state index contributed by atoms with van der Waals surface area (Å²) in [5.74, 6) is -0.379. The van der Waals surface area contributed by atoms with Crippen molar-refractivity contribution in [3.8, 4) is 6.07 Å². The summed E-state index contributed by atoms with van der Waals surface area (Å²) >= 11 is 3.43. The Morgan fingerprint density at radius 3 is 2.67 bits per heavy atom. The molecule has 0 bridgehead atoms. The lowest BCUT2D eigenvalue weighted by Crippen LogP contribution is -2.30. The van der Waals surface area contributed by atoms with E-state index >= 15 is 0 Å². The van der Waals surface area contributed by atoms with E-state index in [4.69, 9.17) is 0 Å². The first-order valence-electron chi connectivity index (χ1n) is 7.08. The fourth-order valence-corrected chi connectivity index (χ4v) is 3.47. The minimum atomic E-state index is -0.355. The number of hydrogen-bond acceptors (Lipinski definition) is 3. The Morgan fingerprint density at radius 2 is 2.00 bits per heavy atom. The molecule has 1 aliphatic heterocycles. The first-order chi connectivity index (χ1) is 10.1. The van der Waals surface area contributed by atoms with Crippen molar-refractivity contribution in [3.05, 3.63) is 45.6 Å². The number of rotatable bonds is 1. The third-order valence-electron chi connectivity index (χ3n) is 4.20. The number of hydrogen-bond donors (Lipinski definition) is 0. The van der Waals surface area contributed by atoms with Crippen molar-refractivity contribution in [2.24, 2.45) is 10.9 Å². The van der Waals surface area contributed by atoms with Crippen LogP contribution < -0.4 is 0 Å². The highest BCUT2D eigenvalue weighted by Gasteiger charge is 2.38. The van der Waals surface area contributed by atoms with Gasteiger partial charge in [-0.15, -0.1) is 0 Å². The predicted octanol–water partition coefficient (Wildman–Crippen LogP) is 4.15. The van der Waals surface area contributed by atoms with Crippen molar-refractivity contribution in [2.45, 2.75) is 32.1 Å². The Morgan fingerprint density at radius 1 is 1.29 bits per heavy atom. The highest BCUT2D eigenvalue weighted by molar-refractivity contribution is 9.10. The summed E-state index contributed by atoms with van der Waals surface area (Å²) in [4.78, 5) is 16.9. The largest absolute Gasteiger partial charge is 0.294 e. The average Bonchev–Trinajstić information content (AvgIpc) is 2.47. The van der Waals surface area contributed by atoms with E-state index in [1.807, 2.05) is 31.2 Å². The fourth-order valence-electron chi connectivity index (χ4n) is 3.20. The molecule has 1 aromatic carbocycles. The van der Waals surface area contributed by atoms with Crippen molar-refractivity contribution in [2.75, 3.05) is 0 Å². The number of aliphatic imine (C=N–C) groups is 1. The van der Waals surface area contributed by atoms with E-state index < -0.39 is 0 Å². The topological polar surface area (TPSA) is 53.2 Å². The van der Waals surface area contributed by atoms with E-state index in [1.165, 1.54) is 0 Å². The molecule has 0 aromatic heterocycles. The van der Waals surface area contributed by atoms with Crippen molar-refractivity contribution in [3.63, 3.8) is 0 Å². The molecule has 1 heterocycles. The first-order valence-corrected chi connectivity index (χ1v) is 7.87. The summed E-state index contributed by atoms with van der Waals surface area (Å²) in [7, 11) is 0. The summed E-state index contributed by atoms with van der Waals surface area (Å²) in [5.41, 5.74) is 3.49. The molecule has 2 atom stereocenters. The van der Waals surface area contributed by atoms with E-state index in [-0.39, 0.29) is 17.6 Å². The lowest BCUT2D eigenvalue weighted by molar-refractivity contribution is -0.116. The fraction of sp³-hybridized carbons (Fsp3) is 0.353. The van der Waals surface area contributed by atoms with Crippen molar-refractivity contribution in [1.82, 2.24) is 0 Å². The van der Waals surface area contributed by atoms with Crippen molar-refractivity contribution < 1.29 is 4.79 Å². The van der Waals surface area contributed by atoms with Crippen LogP contribution in [-0.2, 0) is 4.79 Å². The Bertz CT molecular complexity index is 694. The van der Waals surface area contributed by atoms with Gasteiger partial charge >= 0.3 is 0 Å². The van der Waals surface area contributed by atoms with Crippen molar-refractivity contribution >= 4 is 27.4 Å². The number of carbonyl (C=O) groups is 1. The van der Waals surface area contributed by atoms with Gasteiger partial charge in [-0.2, -0.15) is 5.26 Å². The monoisotopic (exact) mass is 342 g/mol. The molecule has 1 aromatic rings. The smallest absolute Gasteiger partial charge is 0.161 e. The maximum absolute atomic E-state index is 12.4. The molecule has 0 saturated carbocycles. The summed E-state index contributed by atoms with van der Waals surface area (Å²) in [6.07, 6.45) is 2.26. The minimum absolute atomic E-state index is 0.153. The van der Waals surface area contributed by atoms with Crippen LogP contribution in [0.3, 0.4) is 0 Å². The van der Waals surface area contributed by atoms with Crippen LogP contribution >= 0.6 is 15.9 Å². The zero-order valence-electron chi connectivity index (χ0n) is 11.8. The quantitative estimate of drug-likeness (QED) is 0.769. The van der Waals surface area contributed by atoms with Crippen LogP contribution in [0.25, 0.3) is 0 Å². The summed E-state index contributed by atoms with van der Waals surface area (Å²) in [6, 6.07) is 10.2. The molecule has 0 amide bonds. The maximum atomic E-state index is 12.4. The van der Waals surface area contributed by atoms with E-state index in [0.717, 1.165) is 39.9 Å². The molecule has 1 unspecified atom stereocenters. The van der Waals surface area contributed by atoms with Crippen LogP contribution in [0.5, 0.6) is 0 Å². The van der Waals surface area contributed by atoms with Gasteiger partial charge in [0.05, 0.1) is 12.0 Å². The molecular formula is C17H15BrN2O. The second kappa shape index (κ2) is 5.57. The first kappa shape index (κ1) is 14.2. The number of nitriles is 1. The van der Waals surface area contributed by atoms with Crippen LogP contribution in [0.4, 0.5) is 0 Å². The highest BCUT2D eigenvalue weighted by atomic mass is 79.9. The van der Waals surface area contributed by atoms with Gasteiger partial charge in [0, 0.05) is 33.8 Å². The van der Waals surface area contributed by atoms with Crippen LogP contribution in [0, 0.1) is 17.2 Å². The lowest BCUT2D eigenvalue weighted by atomic mass is 9.72. The molecule has 0 radical (unpaired) electrons. The minimum Gasteiger partial charge on any atom is -0.294 e. The molecule has 106 valence electrons. The Labute approximate surface area is 132 Å². The van der Waals surface area contributed by atoms with Gasteiger partial charge in [-0.25, -0.2) is 0 Å². The van der Waals surface area contributed by atoms with Gasteiger partial charge in [0.25, 0.3) is 0 Å². The molecular weight excluding hydrogens is 328 g/mol. The van der Waals surface area contributed by atoms with Gasteiger partial charge in [0.2, 0.25) is 0 Å². The number of Topliss-reactive ketones (excluding diaryl/α,β-unsaturated/α-hetero) is 1. The number of halogens is 1. The van der Waals surface area contributed by atoms with Crippen molar-refractivity contribution in [1.29, 1.82) is 5.26 Å². The second-order valence-corrected chi connectivity index (χ2v) is 6.44. The third-order valence-corrected chi connectivity index (χ3v) is 4.73. The van der Waals surface area contributed by atoms with Crippen LogP contribution in [0.1, 0.15) is 37.7 Å². The molecule has 3 rings (SSSR count). The SMILES string of the molecule is CC1=NC2=C(C(=O)CCC2)[C@H](c2ccc(Br)cc2)C1C#N. The second-order valence-electron chi connectivity index (χ2n) is 5.53. The zero-order valence-corrected chi connectivity index (χ0v) is 13.4. The zero-order chi connectivity index (χ0) is 15.0. The van der Waals surface area contributed by atoms with Gasteiger partial charge in [-0.05, 0) is 37.5 Å². The van der Waals surface area contributed by atoms with Crippen LogP contribution in [-0.4, -0.2) is 11.5 Å². The number of benzene rings is 1. The van der Waals surface area contributed by atoms with E-state index in [0.29, 0.717) is 6.42 Å². The van der Waals surface area contributed by atoms with E-state index in [9.17, 15) is 10.1 Å². The molecule has 3 nitrogen and oxygen atoms in total. The average molecular weight is 343 g/mol. The van der Waals surface area contributed by atoms with Gasteiger partial charge in [0.1, 0.15) is 0 Å². The van der Waals surface area contributed by atoms with E-state index in [1.54, 1.807) is 0 Å². The molecule has 21 heavy (non-hydrogen) atoms. The molecule has 0 saturated heterocycles. The maximum Gasteiger partial charge on any atom is 0.161 e. The molecule has 0 N–H and O–H groups in total. The van der Waals surface area contributed by atoms with Gasteiger partial charge in [-0.1, -0.05) is 28.1 Å². The normalized spacial score (nSPS) is 25.2. The lowest BCUT2D eigenvalue weighted by Gasteiger charge is -2.32. The standard InChI is InChI=1S/C17H15BrN2O/c1-10-13(9-19)16(11-5-7-12(18)8-6-11)17-14(20-10)3-2-4-15(17)21/h5-8,13,16H,2-4H2,1H3/t13?,16-/m1/s1. The Balaban J connectivity index is 2.16. The number of nitrogens with zero attached hydrogens (tertiary/aromatic N) is 2. The van der Waals surface area contributed by atoms with Gasteiger partial charge in [0.15, 0.2) is 5.78 Å². The molecule has 2 aliphatic rings. The van der Waals surface area contributed by atoms with Gasteiger partial charge in [-0.3, -0.25) is 9.79 Å². The molecule has 0 fully saturated rings. The summed E-state index contributed by atoms with van der Waals surface area (Å²) < 4.78 is 0.991. The van der Waals surface area contributed by atoms with Crippen LogP contribution in [0.2, 0.25) is 0 Å². The van der Waals surface area contributed by atoms with Gasteiger partial charge < -0.3 is 0 Å². The summed E-state index contributed by atoms with van der Waals surface area (Å²) in [6.45, 7) is 1.89. The number of allylic oxidation sites excluding steroid dienone is 2. The molecule has 4 heteroatoms.